The van der Waals surface area contributed by atoms with Gasteiger partial charge in [-0.1, -0.05) is 228 Å². The average molecular weight is 891 g/mol. The summed E-state index contributed by atoms with van der Waals surface area (Å²) in [4.78, 5) is 38.0. The predicted molar refractivity (Wildman–Crippen MR) is 274 cm³/mol. The highest BCUT2D eigenvalue weighted by molar-refractivity contribution is 5.71. The highest BCUT2D eigenvalue weighted by atomic mass is 16.6. The Morgan fingerprint density at radius 3 is 1.05 bits per heavy atom. The summed E-state index contributed by atoms with van der Waals surface area (Å²) in [5.74, 6) is -0.997. The minimum absolute atomic E-state index is 0.102. The van der Waals surface area contributed by atoms with E-state index < -0.39 is 6.10 Å². The first-order chi connectivity index (χ1) is 31.5. The number of hydrogen-bond donors (Lipinski definition) is 0. The quantitative estimate of drug-likeness (QED) is 0.0262. The number of hydrogen-bond acceptors (Lipinski definition) is 6. The van der Waals surface area contributed by atoms with Gasteiger partial charge in [0.1, 0.15) is 13.2 Å². The number of unbranched alkanes of at least 4 members (excludes halogenated alkanes) is 22. The highest BCUT2D eigenvalue weighted by Gasteiger charge is 2.19. The van der Waals surface area contributed by atoms with E-state index in [0.717, 1.165) is 89.9 Å². The van der Waals surface area contributed by atoms with E-state index in [9.17, 15) is 14.4 Å². The zero-order chi connectivity index (χ0) is 46.5. The third-order valence-corrected chi connectivity index (χ3v) is 11.1. The van der Waals surface area contributed by atoms with Gasteiger partial charge in [0, 0.05) is 19.3 Å². The molecule has 6 nitrogen and oxygen atoms in total. The van der Waals surface area contributed by atoms with Crippen molar-refractivity contribution < 1.29 is 28.6 Å². The summed E-state index contributed by atoms with van der Waals surface area (Å²) in [5.41, 5.74) is 0. The third-order valence-electron chi connectivity index (χ3n) is 11.1. The Morgan fingerprint density at radius 1 is 0.328 bits per heavy atom. The van der Waals surface area contributed by atoms with E-state index in [1.54, 1.807) is 0 Å². The topological polar surface area (TPSA) is 78.9 Å². The second-order valence-electron chi connectivity index (χ2n) is 17.4. The first-order valence-corrected chi connectivity index (χ1v) is 26.6. The zero-order valence-electron chi connectivity index (χ0n) is 41.8. The van der Waals surface area contributed by atoms with E-state index in [0.29, 0.717) is 19.3 Å². The fourth-order valence-corrected chi connectivity index (χ4v) is 7.17. The number of carbonyl (C=O) groups is 3. The van der Waals surface area contributed by atoms with E-state index >= 15 is 0 Å². The largest absolute Gasteiger partial charge is 0.462 e. The molecule has 1 unspecified atom stereocenters. The van der Waals surface area contributed by atoms with E-state index in [1.165, 1.54) is 109 Å². The number of ether oxygens (including phenoxy) is 3. The molecule has 6 heteroatoms. The van der Waals surface area contributed by atoms with Gasteiger partial charge in [-0.3, -0.25) is 14.4 Å². The normalized spacial score (nSPS) is 12.7. The molecule has 0 heterocycles. The van der Waals surface area contributed by atoms with Gasteiger partial charge >= 0.3 is 17.9 Å². The number of rotatable bonds is 47. The molecule has 0 saturated carbocycles. The summed E-state index contributed by atoms with van der Waals surface area (Å²) in [7, 11) is 0. The lowest BCUT2D eigenvalue weighted by atomic mass is 10.0. The van der Waals surface area contributed by atoms with Crippen LogP contribution in [0.4, 0.5) is 0 Å². The molecular formula is C58H98O6. The van der Waals surface area contributed by atoms with Crippen molar-refractivity contribution in [3.8, 4) is 0 Å². The maximum atomic E-state index is 12.8. The smallest absolute Gasteiger partial charge is 0.306 e. The van der Waals surface area contributed by atoms with Crippen molar-refractivity contribution in [3.63, 3.8) is 0 Å². The van der Waals surface area contributed by atoms with Crippen molar-refractivity contribution in [2.24, 2.45) is 0 Å². The van der Waals surface area contributed by atoms with E-state index in [1.807, 2.05) is 6.08 Å². The Labute approximate surface area is 395 Å². The molecule has 0 aliphatic rings. The van der Waals surface area contributed by atoms with Gasteiger partial charge in [-0.05, 0) is 83.5 Å². The van der Waals surface area contributed by atoms with Crippen molar-refractivity contribution in [2.75, 3.05) is 13.2 Å². The van der Waals surface area contributed by atoms with Gasteiger partial charge < -0.3 is 14.2 Å². The summed E-state index contributed by atoms with van der Waals surface area (Å²) < 4.78 is 16.7. The molecule has 0 fully saturated rings. The molecule has 0 rings (SSSR count). The third kappa shape index (κ3) is 49.6. The van der Waals surface area contributed by atoms with Gasteiger partial charge in [-0.15, -0.1) is 0 Å². The molecule has 0 bridgehead atoms. The molecule has 0 aliphatic heterocycles. The lowest BCUT2D eigenvalue weighted by Gasteiger charge is -2.18. The monoisotopic (exact) mass is 891 g/mol. The molecule has 0 saturated heterocycles. The van der Waals surface area contributed by atoms with Crippen molar-refractivity contribution >= 4 is 17.9 Å². The van der Waals surface area contributed by atoms with Gasteiger partial charge in [0.2, 0.25) is 0 Å². The standard InChI is InChI=1S/C58H98O6/c1-4-7-10-13-16-19-22-25-27-28-29-30-32-33-36-39-42-45-48-51-57(60)63-54-55(53-62-56(59)50-47-44-41-38-35-24-21-18-15-12-9-6-3)64-58(61)52-49-46-43-40-37-34-31-26-23-20-17-14-11-8-5-2/h7,10,16,19,25-27,29-31,33,36,42,45,55H,4-6,8-9,11-15,17-18,20-24,28,32,34-35,37-41,43-44,46-54H2,1-3H3/b10-7-,19-16-,27-25-,30-29-,31-26-,36-33-,45-42-. The lowest BCUT2D eigenvalue weighted by molar-refractivity contribution is -0.166. The summed E-state index contributed by atoms with van der Waals surface area (Å²) >= 11 is 0. The molecule has 1 atom stereocenters. The molecule has 366 valence electrons. The van der Waals surface area contributed by atoms with Crippen LogP contribution in [-0.2, 0) is 28.6 Å². The molecule has 0 aromatic carbocycles. The first kappa shape index (κ1) is 60.6. The molecule has 0 radical (unpaired) electrons. The SMILES string of the molecule is CC/C=C\C/C=C\C/C=C\C/C=C\C/C=C\C/C=C\CCC(=O)OCC(COC(=O)CCCCCCCCCCCCCC)OC(=O)CCCCCCC/C=C\CCCCCCCC. The Morgan fingerprint density at radius 2 is 0.641 bits per heavy atom. The maximum Gasteiger partial charge on any atom is 0.306 e. The molecule has 0 N–H and O–H groups in total. The second kappa shape index (κ2) is 52.2. The Hall–Kier alpha value is -3.41. The molecular weight excluding hydrogens is 793 g/mol. The van der Waals surface area contributed by atoms with E-state index in [4.69, 9.17) is 14.2 Å². The minimum atomic E-state index is -0.809. The summed E-state index contributed by atoms with van der Waals surface area (Å²) in [6, 6.07) is 0. The van der Waals surface area contributed by atoms with E-state index in [-0.39, 0.29) is 37.5 Å². The Bertz CT molecular complexity index is 1250. The van der Waals surface area contributed by atoms with Crippen LogP contribution in [0.5, 0.6) is 0 Å². The second-order valence-corrected chi connectivity index (χ2v) is 17.4. The molecule has 0 amide bonds. The van der Waals surface area contributed by atoms with Crippen LogP contribution in [0.1, 0.15) is 245 Å². The lowest BCUT2D eigenvalue weighted by Crippen LogP contribution is -2.30. The van der Waals surface area contributed by atoms with Crippen molar-refractivity contribution in [1.82, 2.24) is 0 Å². The van der Waals surface area contributed by atoms with Gasteiger partial charge in [0.15, 0.2) is 6.10 Å². The van der Waals surface area contributed by atoms with Crippen LogP contribution in [0.25, 0.3) is 0 Å². The van der Waals surface area contributed by atoms with Gasteiger partial charge in [-0.2, -0.15) is 0 Å². The van der Waals surface area contributed by atoms with Crippen LogP contribution < -0.4 is 0 Å². The van der Waals surface area contributed by atoms with Gasteiger partial charge in [-0.25, -0.2) is 0 Å². The zero-order valence-corrected chi connectivity index (χ0v) is 41.8. The fraction of sp³-hybridized carbons (Fsp3) is 0.707. The van der Waals surface area contributed by atoms with Crippen molar-refractivity contribution in [3.05, 3.63) is 85.1 Å². The van der Waals surface area contributed by atoms with Crippen LogP contribution >= 0.6 is 0 Å². The predicted octanol–water partition coefficient (Wildman–Crippen LogP) is 17.6. The van der Waals surface area contributed by atoms with E-state index in [2.05, 4.69) is 99.8 Å². The summed E-state index contributed by atoms with van der Waals surface area (Å²) in [5, 5.41) is 0. The Balaban J connectivity index is 4.50. The van der Waals surface area contributed by atoms with Gasteiger partial charge in [0.25, 0.3) is 0 Å². The molecule has 0 aliphatic carbocycles. The van der Waals surface area contributed by atoms with Crippen LogP contribution in [0, 0.1) is 0 Å². The summed E-state index contributed by atoms with van der Waals surface area (Å²) in [6.45, 7) is 6.45. The molecule has 0 aromatic rings. The minimum Gasteiger partial charge on any atom is -0.462 e. The van der Waals surface area contributed by atoms with Crippen LogP contribution in [-0.4, -0.2) is 37.2 Å². The van der Waals surface area contributed by atoms with Crippen molar-refractivity contribution in [2.45, 2.75) is 252 Å². The number of carbonyl (C=O) groups excluding carboxylic acids is 3. The highest BCUT2D eigenvalue weighted by Crippen LogP contribution is 2.14. The van der Waals surface area contributed by atoms with Gasteiger partial charge in [0.05, 0.1) is 0 Å². The van der Waals surface area contributed by atoms with Crippen LogP contribution in [0.2, 0.25) is 0 Å². The van der Waals surface area contributed by atoms with Crippen LogP contribution in [0.3, 0.4) is 0 Å². The Kier molecular flexibility index (Phi) is 49.4. The average Bonchev–Trinajstić information content (AvgIpc) is 3.29. The first-order valence-electron chi connectivity index (χ1n) is 26.6. The van der Waals surface area contributed by atoms with Crippen molar-refractivity contribution in [1.29, 1.82) is 0 Å². The maximum absolute atomic E-state index is 12.8. The fourth-order valence-electron chi connectivity index (χ4n) is 7.17. The summed E-state index contributed by atoms with van der Waals surface area (Å²) in [6.07, 6.45) is 67.2. The molecule has 64 heavy (non-hydrogen) atoms. The number of esters is 3. The molecule has 0 spiro atoms. The molecule has 0 aromatic heterocycles. The number of allylic oxidation sites excluding steroid dienone is 14. The van der Waals surface area contributed by atoms with Crippen LogP contribution in [0.15, 0.2) is 85.1 Å².